The van der Waals surface area contributed by atoms with Crippen molar-refractivity contribution in [2.75, 3.05) is 38.2 Å². The molecule has 1 aromatic heterocycles. The summed E-state index contributed by atoms with van der Waals surface area (Å²) in [5.74, 6) is -1.38. The van der Waals surface area contributed by atoms with Gasteiger partial charge in [-0.3, -0.25) is 14.5 Å². The van der Waals surface area contributed by atoms with Crippen molar-refractivity contribution in [2.24, 2.45) is 0 Å². The SMILES string of the molecule is Cc1ccc(NC(=O)C(=O)N[C@H](C)CN2CCOCC2)cc1-n1cnnn1. The summed E-state index contributed by atoms with van der Waals surface area (Å²) in [5.41, 5.74) is 2.15. The Morgan fingerprint density at radius 1 is 1.26 bits per heavy atom. The van der Waals surface area contributed by atoms with Crippen LogP contribution >= 0.6 is 0 Å². The minimum atomic E-state index is -0.713. The summed E-state index contributed by atoms with van der Waals surface area (Å²) in [6.45, 7) is 7.50. The van der Waals surface area contributed by atoms with E-state index in [-0.39, 0.29) is 6.04 Å². The molecule has 2 amide bonds. The van der Waals surface area contributed by atoms with Crippen molar-refractivity contribution >= 4 is 17.5 Å². The number of carbonyl (C=O) groups excluding carboxylic acids is 2. The van der Waals surface area contributed by atoms with Gasteiger partial charge in [0.05, 0.1) is 18.9 Å². The van der Waals surface area contributed by atoms with Gasteiger partial charge in [0.25, 0.3) is 0 Å². The first-order valence-corrected chi connectivity index (χ1v) is 8.79. The molecule has 0 bridgehead atoms. The van der Waals surface area contributed by atoms with Crippen LogP contribution in [0.1, 0.15) is 12.5 Å². The molecular weight excluding hydrogens is 350 g/mol. The Hall–Kier alpha value is -2.85. The number of tetrazole rings is 1. The molecule has 1 aliphatic heterocycles. The van der Waals surface area contributed by atoms with Crippen LogP contribution in [-0.2, 0) is 14.3 Å². The van der Waals surface area contributed by atoms with Gasteiger partial charge in [-0.15, -0.1) is 5.10 Å². The first-order valence-electron chi connectivity index (χ1n) is 8.79. The lowest BCUT2D eigenvalue weighted by Gasteiger charge is -2.29. The van der Waals surface area contributed by atoms with E-state index in [0.29, 0.717) is 25.4 Å². The molecule has 0 aliphatic carbocycles. The van der Waals surface area contributed by atoms with Crippen LogP contribution in [0.3, 0.4) is 0 Å². The van der Waals surface area contributed by atoms with Crippen LogP contribution in [0.15, 0.2) is 24.5 Å². The zero-order chi connectivity index (χ0) is 19.2. The second-order valence-corrected chi connectivity index (χ2v) is 6.50. The maximum atomic E-state index is 12.2. The summed E-state index contributed by atoms with van der Waals surface area (Å²) < 4.78 is 6.80. The molecule has 2 N–H and O–H groups in total. The monoisotopic (exact) mass is 373 g/mol. The molecule has 1 aliphatic rings. The third kappa shape index (κ3) is 5.08. The lowest BCUT2D eigenvalue weighted by Crippen LogP contribution is -2.48. The Balaban J connectivity index is 1.56. The number of aryl methyl sites for hydroxylation is 1. The van der Waals surface area contributed by atoms with Crippen molar-refractivity contribution in [3.8, 4) is 5.69 Å². The molecule has 144 valence electrons. The first kappa shape index (κ1) is 18.9. The number of anilines is 1. The van der Waals surface area contributed by atoms with Crippen molar-refractivity contribution in [1.82, 2.24) is 30.4 Å². The molecule has 27 heavy (non-hydrogen) atoms. The van der Waals surface area contributed by atoms with Gasteiger partial charge in [-0.2, -0.15) is 0 Å². The molecule has 0 spiro atoms. The second-order valence-electron chi connectivity index (χ2n) is 6.50. The molecule has 1 aromatic carbocycles. The number of amides is 2. The molecule has 1 fully saturated rings. The molecule has 10 heteroatoms. The van der Waals surface area contributed by atoms with Crippen molar-refractivity contribution < 1.29 is 14.3 Å². The maximum absolute atomic E-state index is 12.2. The average Bonchev–Trinajstić information content (AvgIpc) is 3.18. The largest absolute Gasteiger partial charge is 0.379 e. The van der Waals surface area contributed by atoms with E-state index in [9.17, 15) is 9.59 Å². The van der Waals surface area contributed by atoms with Crippen molar-refractivity contribution in [3.05, 3.63) is 30.1 Å². The van der Waals surface area contributed by atoms with E-state index in [4.69, 9.17) is 4.74 Å². The third-order valence-electron chi connectivity index (χ3n) is 4.28. The van der Waals surface area contributed by atoms with E-state index in [1.54, 1.807) is 12.1 Å². The van der Waals surface area contributed by atoms with Gasteiger partial charge in [-0.25, -0.2) is 4.68 Å². The fourth-order valence-electron chi connectivity index (χ4n) is 2.90. The Morgan fingerprint density at radius 3 is 2.74 bits per heavy atom. The normalized spacial score (nSPS) is 15.9. The third-order valence-corrected chi connectivity index (χ3v) is 4.28. The van der Waals surface area contributed by atoms with Crippen LogP contribution in [0.25, 0.3) is 5.69 Å². The number of benzene rings is 1. The fourth-order valence-corrected chi connectivity index (χ4v) is 2.90. The minimum Gasteiger partial charge on any atom is -0.379 e. The first-order chi connectivity index (χ1) is 13.0. The van der Waals surface area contributed by atoms with Crippen LogP contribution < -0.4 is 10.6 Å². The fraction of sp³-hybridized carbons (Fsp3) is 0.471. The number of morpholine rings is 1. The lowest BCUT2D eigenvalue weighted by atomic mass is 10.2. The maximum Gasteiger partial charge on any atom is 0.313 e. The van der Waals surface area contributed by atoms with E-state index in [2.05, 4.69) is 31.1 Å². The van der Waals surface area contributed by atoms with Crippen molar-refractivity contribution in [2.45, 2.75) is 19.9 Å². The summed E-state index contributed by atoms with van der Waals surface area (Å²) >= 11 is 0. The van der Waals surface area contributed by atoms with Crippen LogP contribution in [-0.4, -0.2) is 75.8 Å². The van der Waals surface area contributed by atoms with Gasteiger partial charge in [-0.1, -0.05) is 6.07 Å². The molecule has 2 heterocycles. The highest BCUT2D eigenvalue weighted by Crippen LogP contribution is 2.18. The van der Waals surface area contributed by atoms with Gasteiger partial charge in [0.15, 0.2) is 0 Å². The standard InChI is InChI=1S/C17H23N7O3/c1-12-3-4-14(9-15(12)24-11-18-21-22-24)20-17(26)16(25)19-13(2)10-23-5-7-27-8-6-23/h3-4,9,11,13H,5-8,10H2,1-2H3,(H,19,25)(H,20,26)/t13-/m1/s1. The van der Waals surface area contributed by atoms with Gasteiger partial charge in [0.1, 0.15) is 6.33 Å². The molecule has 0 saturated carbocycles. The second kappa shape index (κ2) is 8.69. The average molecular weight is 373 g/mol. The van der Waals surface area contributed by atoms with Crippen LogP contribution in [0.5, 0.6) is 0 Å². The highest BCUT2D eigenvalue weighted by molar-refractivity contribution is 6.39. The summed E-state index contributed by atoms with van der Waals surface area (Å²) in [6.07, 6.45) is 1.47. The Morgan fingerprint density at radius 2 is 2.04 bits per heavy atom. The van der Waals surface area contributed by atoms with Gasteiger partial charge in [-0.05, 0) is 42.0 Å². The predicted octanol–water partition coefficient (Wildman–Crippen LogP) is -0.254. The number of ether oxygens (including phenoxy) is 1. The molecule has 1 atom stereocenters. The van der Waals surface area contributed by atoms with E-state index < -0.39 is 11.8 Å². The minimum absolute atomic E-state index is 0.142. The van der Waals surface area contributed by atoms with Crippen LogP contribution in [0.4, 0.5) is 5.69 Å². The molecular formula is C17H23N7O3. The Labute approximate surface area is 156 Å². The summed E-state index contributed by atoms with van der Waals surface area (Å²) in [7, 11) is 0. The molecule has 0 radical (unpaired) electrons. The van der Waals surface area contributed by atoms with Crippen molar-refractivity contribution in [3.63, 3.8) is 0 Å². The molecule has 0 unspecified atom stereocenters. The van der Waals surface area contributed by atoms with Gasteiger partial charge in [0.2, 0.25) is 0 Å². The van der Waals surface area contributed by atoms with Crippen LogP contribution in [0.2, 0.25) is 0 Å². The topological polar surface area (TPSA) is 114 Å². The smallest absolute Gasteiger partial charge is 0.313 e. The quantitative estimate of drug-likeness (QED) is 0.695. The van der Waals surface area contributed by atoms with E-state index in [1.807, 2.05) is 19.9 Å². The Kier molecular flexibility index (Phi) is 6.09. The number of nitrogens with one attached hydrogen (secondary N) is 2. The number of hydrogen-bond donors (Lipinski definition) is 2. The summed E-state index contributed by atoms with van der Waals surface area (Å²) in [5, 5.41) is 16.4. The zero-order valence-electron chi connectivity index (χ0n) is 15.4. The van der Waals surface area contributed by atoms with Crippen molar-refractivity contribution in [1.29, 1.82) is 0 Å². The summed E-state index contributed by atoms with van der Waals surface area (Å²) in [4.78, 5) is 26.6. The van der Waals surface area contributed by atoms with E-state index in [0.717, 1.165) is 24.3 Å². The highest BCUT2D eigenvalue weighted by Gasteiger charge is 2.19. The molecule has 3 rings (SSSR count). The molecule has 1 saturated heterocycles. The highest BCUT2D eigenvalue weighted by atomic mass is 16.5. The molecule has 10 nitrogen and oxygen atoms in total. The van der Waals surface area contributed by atoms with Crippen LogP contribution in [0, 0.1) is 6.92 Å². The number of nitrogens with zero attached hydrogens (tertiary/aromatic N) is 5. The predicted molar refractivity (Wildman–Crippen MR) is 97.4 cm³/mol. The number of carbonyl (C=O) groups is 2. The Bertz CT molecular complexity index is 788. The lowest BCUT2D eigenvalue weighted by molar-refractivity contribution is -0.136. The van der Waals surface area contributed by atoms with Gasteiger partial charge >= 0.3 is 11.8 Å². The van der Waals surface area contributed by atoms with Gasteiger partial charge in [0, 0.05) is 31.4 Å². The van der Waals surface area contributed by atoms with Gasteiger partial charge < -0.3 is 15.4 Å². The number of hydrogen-bond acceptors (Lipinski definition) is 7. The number of aromatic nitrogens is 4. The number of rotatable bonds is 5. The summed E-state index contributed by atoms with van der Waals surface area (Å²) in [6, 6.07) is 5.13. The zero-order valence-corrected chi connectivity index (χ0v) is 15.4. The molecule has 2 aromatic rings. The van der Waals surface area contributed by atoms with E-state index >= 15 is 0 Å². The van der Waals surface area contributed by atoms with E-state index in [1.165, 1.54) is 11.0 Å².